The van der Waals surface area contributed by atoms with Gasteiger partial charge in [-0.15, -0.1) is 0 Å². The molecule has 0 amide bonds. The van der Waals surface area contributed by atoms with Crippen molar-refractivity contribution in [2.45, 2.75) is 11.8 Å². The molecule has 3 rings (SSSR count). The number of halogens is 2. The molecule has 0 fully saturated rings. The van der Waals surface area contributed by atoms with E-state index < -0.39 is 0 Å². The monoisotopic (exact) mass is 308 g/mol. The molecule has 2 aromatic heterocycles. The van der Waals surface area contributed by atoms with Gasteiger partial charge < -0.3 is 4.98 Å². The smallest absolute Gasteiger partial charge is 0.0738 e. The number of aromatic nitrogens is 2. The number of hydrogen-bond acceptors (Lipinski definition) is 2. The van der Waals surface area contributed by atoms with Crippen molar-refractivity contribution in [1.82, 2.24) is 9.97 Å². The predicted octanol–water partition coefficient (Wildman–Crippen LogP) is 5.44. The summed E-state index contributed by atoms with van der Waals surface area (Å²) in [7, 11) is 7.05. The van der Waals surface area contributed by atoms with Gasteiger partial charge in [0.2, 0.25) is 0 Å². The third-order valence-electron chi connectivity index (χ3n) is 3.02. The number of aromatic amines is 1. The van der Waals surface area contributed by atoms with Crippen molar-refractivity contribution in [2.75, 3.05) is 0 Å². The Morgan fingerprint density at radius 1 is 1.21 bits per heavy atom. The third-order valence-corrected chi connectivity index (χ3v) is 4.34. The average Bonchev–Trinajstić information content (AvgIpc) is 2.83. The molecule has 1 aromatic carbocycles. The van der Waals surface area contributed by atoms with Crippen LogP contribution in [0.25, 0.3) is 22.2 Å². The number of aryl methyl sites for hydroxylation is 1. The topological polar surface area (TPSA) is 28.7 Å². The number of H-pyrrole nitrogens is 1. The molecule has 3 aromatic rings. The molecule has 0 bridgehead atoms. The van der Waals surface area contributed by atoms with E-state index in [0.717, 1.165) is 32.6 Å². The molecule has 2 heterocycles. The van der Waals surface area contributed by atoms with Crippen LogP contribution in [-0.4, -0.2) is 9.97 Å². The summed E-state index contributed by atoms with van der Waals surface area (Å²) in [6, 6.07) is 7.85. The molecule has 0 aliphatic rings. The summed E-state index contributed by atoms with van der Waals surface area (Å²) in [6.07, 6.45) is 3.72. The molecule has 0 aliphatic heterocycles. The summed E-state index contributed by atoms with van der Waals surface area (Å²) in [6.45, 7) is 2.01. The molecule has 0 aliphatic carbocycles. The van der Waals surface area contributed by atoms with Crippen LogP contribution < -0.4 is 0 Å². The second-order valence-corrected chi connectivity index (χ2v) is 5.76. The molecule has 0 saturated carbocycles. The van der Waals surface area contributed by atoms with E-state index in [9.17, 15) is 0 Å². The molecule has 1 N–H and O–H groups in total. The Hall–Kier alpha value is -1.16. The standard InChI is InChI=1S/C14H10Cl2N2S/c1-8-2-5-11(17-6-8)13-10(15)4-3-9-12(19-16)7-18-14(9)13/h2-7,18H,1H3. The zero-order valence-electron chi connectivity index (χ0n) is 10.1. The molecule has 5 heteroatoms. The van der Waals surface area contributed by atoms with Crippen LogP contribution in [0.1, 0.15) is 5.56 Å². The minimum Gasteiger partial charge on any atom is -0.359 e. The second-order valence-electron chi connectivity index (χ2n) is 4.30. The summed E-state index contributed by atoms with van der Waals surface area (Å²) in [5.41, 5.74) is 3.85. The van der Waals surface area contributed by atoms with Crippen LogP contribution in [0.3, 0.4) is 0 Å². The van der Waals surface area contributed by atoms with Crippen LogP contribution in [0, 0.1) is 6.92 Å². The Morgan fingerprint density at radius 3 is 2.74 bits per heavy atom. The van der Waals surface area contributed by atoms with Gasteiger partial charge in [0.15, 0.2) is 0 Å². The van der Waals surface area contributed by atoms with Crippen LogP contribution in [-0.2, 0) is 0 Å². The normalized spacial score (nSPS) is 11.1. The zero-order chi connectivity index (χ0) is 13.4. The molecule has 2 nitrogen and oxygen atoms in total. The zero-order valence-corrected chi connectivity index (χ0v) is 12.4. The van der Waals surface area contributed by atoms with Crippen molar-refractivity contribution in [3.63, 3.8) is 0 Å². The Morgan fingerprint density at radius 2 is 2.05 bits per heavy atom. The fraction of sp³-hybridized carbons (Fsp3) is 0.0714. The molecule has 0 atom stereocenters. The minimum atomic E-state index is 0.678. The van der Waals surface area contributed by atoms with Crippen LogP contribution in [0.15, 0.2) is 41.6 Å². The van der Waals surface area contributed by atoms with E-state index in [0.29, 0.717) is 5.02 Å². The Balaban J connectivity index is 2.30. The summed E-state index contributed by atoms with van der Waals surface area (Å²) >= 11 is 6.33. The van der Waals surface area contributed by atoms with E-state index in [-0.39, 0.29) is 0 Å². The Labute approximate surface area is 124 Å². The van der Waals surface area contributed by atoms with E-state index in [1.165, 1.54) is 11.0 Å². The molecule has 19 heavy (non-hydrogen) atoms. The highest BCUT2D eigenvalue weighted by atomic mass is 35.7. The number of benzene rings is 1. The third kappa shape index (κ3) is 2.22. The average molecular weight is 309 g/mol. The molecule has 0 saturated heterocycles. The predicted molar refractivity (Wildman–Crippen MR) is 83.0 cm³/mol. The fourth-order valence-electron chi connectivity index (χ4n) is 2.08. The fourth-order valence-corrected chi connectivity index (χ4v) is 3.07. The molecular weight excluding hydrogens is 299 g/mol. The molecule has 0 radical (unpaired) electrons. The van der Waals surface area contributed by atoms with Crippen LogP contribution in [0.2, 0.25) is 5.02 Å². The highest BCUT2D eigenvalue weighted by Gasteiger charge is 2.13. The van der Waals surface area contributed by atoms with Gasteiger partial charge in [-0.3, -0.25) is 4.98 Å². The lowest BCUT2D eigenvalue weighted by atomic mass is 10.1. The largest absolute Gasteiger partial charge is 0.359 e. The van der Waals surface area contributed by atoms with Crippen LogP contribution in [0.5, 0.6) is 0 Å². The van der Waals surface area contributed by atoms with Gasteiger partial charge >= 0.3 is 0 Å². The van der Waals surface area contributed by atoms with Gasteiger partial charge in [0.1, 0.15) is 0 Å². The maximum atomic E-state index is 6.33. The van der Waals surface area contributed by atoms with Gasteiger partial charge in [-0.1, -0.05) is 23.7 Å². The SMILES string of the molecule is Cc1ccc(-c2c(Cl)ccc3c(SCl)c[nH]c23)nc1. The lowest BCUT2D eigenvalue weighted by molar-refractivity contribution is 1.27. The van der Waals surface area contributed by atoms with E-state index in [4.69, 9.17) is 22.3 Å². The summed E-state index contributed by atoms with van der Waals surface area (Å²) in [5, 5.41) is 1.73. The van der Waals surface area contributed by atoms with Gasteiger partial charge in [0.05, 0.1) is 16.2 Å². The summed E-state index contributed by atoms with van der Waals surface area (Å²) in [5.74, 6) is 0. The van der Waals surface area contributed by atoms with Crippen molar-refractivity contribution in [3.05, 3.63) is 47.2 Å². The van der Waals surface area contributed by atoms with Gasteiger partial charge in [-0.25, -0.2) is 0 Å². The van der Waals surface area contributed by atoms with Crippen LogP contribution >= 0.6 is 33.3 Å². The summed E-state index contributed by atoms with van der Waals surface area (Å²) < 4.78 is 0. The van der Waals surface area contributed by atoms with Crippen molar-refractivity contribution >= 4 is 44.2 Å². The lowest BCUT2D eigenvalue weighted by Gasteiger charge is -2.06. The number of rotatable bonds is 2. The first kappa shape index (κ1) is 12.9. The van der Waals surface area contributed by atoms with Crippen molar-refractivity contribution in [2.24, 2.45) is 0 Å². The first-order chi connectivity index (χ1) is 9.20. The molecule has 0 spiro atoms. The quantitative estimate of drug-likeness (QED) is 0.683. The van der Waals surface area contributed by atoms with Crippen molar-refractivity contribution in [1.29, 1.82) is 0 Å². The molecular formula is C14H10Cl2N2S. The van der Waals surface area contributed by atoms with E-state index >= 15 is 0 Å². The maximum absolute atomic E-state index is 6.33. The van der Waals surface area contributed by atoms with Crippen LogP contribution in [0.4, 0.5) is 0 Å². The minimum absolute atomic E-state index is 0.678. The number of pyridine rings is 1. The molecule has 96 valence electrons. The number of fused-ring (bicyclic) bond motifs is 1. The Kier molecular flexibility index (Phi) is 3.44. The van der Waals surface area contributed by atoms with E-state index in [2.05, 4.69) is 9.97 Å². The maximum Gasteiger partial charge on any atom is 0.0738 e. The van der Waals surface area contributed by atoms with Gasteiger partial charge in [0, 0.05) is 28.2 Å². The lowest BCUT2D eigenvalue weighted by Crippen LogP contribution is -1.87. The summed E-state index contributed by atoms with van der Waals surface area (Å²) in [4.78, 5) is 8.67. The first-order valence-corrected chi connectivity index (χ1v) is 7.74. The highest BCUT2D eigenvalue weighted by Crippen LogP contribution is 2.38. The number of nitrogens with one attached hydrogen (secondary N) is 1. The van der Waals surface area contributed by atoms with E-state index in [1.54, 1.807) is 0 Å². The van der Waals surface area contributed by atoms with Crippen molar-refractivity contribution < 1.29 is 0 Å². The van der Waals surface area contributed by atoms with Crippen molar-refractivity contribution in [3.8, 4) is 11.3 Å². The Bertz CT molecular complexity index is 735. The first-order valence-electron chi connectivity index (χ1n) is 5.72. The second kappa shape index (κ2) is 5.08. The van der Waals surface area contributed by atoms with Gasteiger partial charge in [-0.05, 0) is 46.3 Å². The van der Waals surface area contributed by atoms with Gasteiger partial charge in [0.25, 0.3) is 0 Å². The number of nitrogens with zero attached hydrogens (tertiary/aromatic N) is 1. The van der Waals surface area contributed by atoms with Gasteiger partial charge in [-0.2, -0.15) is 0 Å². The highest BCUT2D eigenvalue weighted by molar-refractivity contribution is 8.21. The van der Waals surface area contributed by atoms with E-state index in [1.807, 2.05) is 43.6 Å². The molecule has 0 unspecified atom stereocenters. The number of hydrogen-bond donors (Lipinski definition) is 1.